The standard InChI is InChI=1S/C22H12N2O8/c25-18-7-5-13(10-17(18)22(29)30)23-20(27)15-6-4-12(9-16(15)21(23)28)19(26)11-2-1-3-14(8-11)24(31)32/h1-10,25H,(H,29,30). The number of amides is 2. The molecular formula is C22H12N2O8. The van der Waals surface area contributed by atoms with Crippen molar-refractivity contribution in [3.8, 4) is 5.75 Å². The van der Waals surface area contributed by atoms with E-state index in [1.54, 1.807) is 0 Å². The summed E-state index contributed by atoms with van der Waals surface area (Å²) in [4.78, 5) is 60.8. The lowest BCUT2D eigenvalue weighted by molar-refractivity contribution is -0.384. The van der Waals surface area contributed by atoms with Crippen molar-refractivity contribution in [2.75, 3.05) is 4.90 Å². The molecule has 10 heteroatoms. The van der Waals surface area contributed by atoms with Crippen molar-refractivity contribution < 1.29 is 34.3 Å². The van der Waals surface area contributed by atoms with Gasteiger partial charge >= 0.3 is 5.97 Å². The van der Waals surface area contributed by atoms with Gasteiger partial charge in [0.15, 0.2) is 5.78 Å². The molecule has 10 nitrogen and oxygen atoms in total. The normalized spacial score (nSPS) is 12.6. The maximum atomic E-state index is 12.9. The Morgan fingerprint density at radius 3 is 2.25 bits per heavy atom. The molecular weight excluding hydrogens is 420 g/mol. The summed E-state index contributed by atoms with van der Waals surface area (Å²) in [5.41, 5.74) is -0.789. The SMILES string of the molecule is O=C(c1cccc([N+](=O)[O-])c1)c1ccc2c(c1)C(=O)N(c1ccc(O)c(C(=O)O)c1)C2=O. The number of phenols is 1. The Morgan fingerprint density at radius 2 is 1.56 bits per heavy atom. The van der Waals surface area contributed by atoms with Gasteiger partial charge in [-0.25, -0.2) is 9.69 Å². The van der Waals surface area contributed by atoms with Crippen molar-refractivity contribution in [3.63, 3.8) is 0 Å². The van der Waals surface area contributed by atoms with Crippen molar-refractivity contribution in [2.24, 2.45) is 0 Å². The van der Waals surface area contributed by atoms with Gasteiger partial charge in [-0.1, -0.05) is 18.2 Å². The molecule has 4 rings (SSSR count). The summed E-state index contributed by atoms with van der Waals surface area (Å²) in [5, 5.41) is 29.8. The molecule has 0 saturated carbocycles. The van der Waals surface area contributed by atoms with Gasteiger partial charge in [0, 0.05) is 23.3 Å². The summed E-state index contributed by atoms with van der Waals surface area (Å²) in [6.45, 7) is 0. The van der Waals surface area contributed by atoms with Gasteiger partial charge in [0.2, 0.25) is 0 Å². The lowest BCUT2D eigenvalue weighted by atomic mass is 9.99. The van der Waals surface area contributed by atoms with Crippen LogP contribution in [0.2, 0.25) is 0 Å². The Morgan fingerprint density at radius 1 is 0.875 bits per heavy atom. The van der Waals surface area contributed by atoms with Crippen molar-refractivity contribution >= 4 is 34.9 Å². The fourth-order valence-electron chi connectivity index (χ4n) is 3.38. The maximum Gasteiger partial charge on any atom is 0.339 e. The largest absolute Gasteiger partial charge is 0.507 e. The molecule has 2 amide bonds. The van der Waals surface area contributed by atoms with E-state index in [2.05, 4.69) is 0 Å². The average Bonchev–Trinajstić information content (AvgIpc) is 3.03. The zero-order valence-electron chi connectivity index (χ0n) is 16.0. The van der Waals surface area contributed by atoms with Crippen molar-refractivity contribution in [1.82, 2.24) is 0 Å². The predicted molar refractivity (Wildman–Crippen MR) is 109 cm³/mol. The molecule has 0 unspecified atom stereocenters. The summed E-state index contributed by atoms with van der Waals surface area (Å²) in [7, 11) is 0. The molecule has 3 aromatic rings. The monoisotopic (exact) mass is 432 g/mol. The van der Waals surface area contributed by atoms with Crippen LogP contribution in [0.1, 0.15) is 47.0 Å². The number of aromatic carboxylic acids is 1. The Labute approximate surface area is 179 Å². The van der Waals surface area contributed by atoms with Gasteiger partial charge < -0.3 is 10.2 Å². The van der Waals surface area contributed by atoms with Gasteiger partial charge in [0.1, 0.15) is 11.3 Å². The van der Waals surface area contributed by atoms with Crippen LogP contribution in [0, 0.1) is 10.1 Å². The number of carboxylic acids is 1. The highest BCUT2D eigenvalue weighted by Gasteiger charge is 2.37. The number of carboxylic acid groups (broad SMARTS) is 1. The van der Waals surface area contributed by atoms with E-state index in [1.807, 2.05) is 0 Å². The lowest BCUT2D eigenvalue weighted by Gasteiger charge is -2.14. The van der Waals surface area contributed by atoms with Gasteiger partial charge in [0.25, 0.3) is 17.5 Å². The number of hydrogen-bond acceptors (Lipinski definition) is 7. The van der Waals surface area contributed by atoms with Crippen LogP contribution in [0.25, 0.3) is 0 Å². The number of nitrogens with zero attached hydrogens (tertiary/aromatic N) is 2. The van der Waals surface area contributed by atoms with Gasteiger partial charge in [-0.05, 0) is 30.3 Å². The molecule has 0 spiro atoms. The van der Waals surface area contributed by atoms with Crippen LogP contribution in [-0.4, -0.2) is 38.7 Å². The molecule has 32 heavy (non-hydrogen) atoms. The maximum absolute atomic E-state index is 12.9. The minimum atomic E-state index is -1.44. The quantitative estimate of drug-likeness (QED) is 0.270. The number of ketones is 1. The summed E-state index contributed by atoms with van der Waals surface area (Å²) < 4.78 is 0. The fourth-order valence-corrected chi connectivity index (χ4v) is 3.38. The first-order valence-electron chi connectivity index (χ1n) is 9.07. The van der Waals surface area contributed by atoms with E-state index in [-0.39, 0.29) is 33.6 Å². The summed E-state index contributed by atoms with van der Waals surface area (Å²) in [6.07, 6.45) is 0. The van der Waals surface area contributed by atoms with Crippen LogP contribution in [0.5, 0.6) is 5.75 Å². The van der Waals surface area contributed by atoms with Crippen LogP contribution in [0.4, 0.5) is 11.4 Å². The number of nitro benzene ring substituents is 1. The van der Waals surface area contributed by atoms with E-state index in [0.29, 0.717) is 0 Å². The van der Waals surface area contributed by atoms with E-state index in [0.717, 1.165) is 23.1 Å². The topological polar surface area (TPSA) is 155 Å². The van der Waals surface area contributed by atoms with Crippen LogP contribution < -0.4 is 4.90 Å². The number of imide groups is 1. The number of rotatable bonds is 5. The molecule has 0 saturated heterocycles. The van der Waals surface area contributed by atoms with E-state index < -0.39 is 39.8 Å². The molecule has 1 aliphatic heterocycles. The zero-order valence-corrected chi connectivity index (χ0v) is 16.0. The number of benzene rings is 3. The number of fused-ring (bicyclic) bond motifs is 1. The fraction of sp³-hybridized carbons (Fsp3) is 0. The number of non-ortho nitro benzene ring substituents is 1. The Kier molecular flexibility index (Phi) is 4.74. The molecule has 1 heterocycles. The number of nitro groups is 1. The number of hydrogen-bond donors (Lipinski definition) is 2. The molecule has 0 fully saturated rings. The van der Waals surface area contributed by atoms with Crippen LogP contribution in [0.3, 0.4) is 0 Å². The second-order valence-electron chi connectivity index (χ2n) is 6.85. The Bertz CT molecular complexity index is 1360. The average molecular weight is 432 g/mol. The summed E-state index contributed by atoms with van der Waals surface area (Å²) >= 11 is 0. The van der Waals surface area contributed by atoms with Gasteiger partial charge in [-0.15, -0.1) is 0 Å². The lowest BCUT2D eigenvalue weighted by Crippen LogP contribution is -2.29. The molecule has 2 N–H and O–H groups in total. The first kappa shape index (κ1) is 20.4. The highest BCUT2D eigenvalue weighted by molar-refractivity contribution is 6.35. The molecule has 0 aliphatic carbocycles. The first-order chi connectivity index (χ1) is 15.2. The molecule has 3 aromatic carbocycles. The summed E-state index contributed by atoms with van der Waals surface area (Å²) in [6, 6.07) is 12.2. The number of aromatic hydroxyl groups is 1. The van der Waals surface area contributed by atoms with Crippen LogP contribution in [0.15, 0.2) is 60.7 Å². The second kappa shape index (κ2) is 7.43. The van der Waals surface area contributed by atoms with Gasteiger partial charge in [0.05, 0.1) is 21.7 Å². The Balaban J connectivity index is 1.72. The highest BCUT2D eigenvalue weighted by atomic mass is 16.6. The summed E-state index contributed by atoms with van der Waals surface area (Å²) in [5.74, 6) is -4.04. The van der Waals surface area contributed by atoms with Crippen molar-refractivity contribution in [1.29, 1.82) is 0 Å². The molecule has 0 atom stereocenters. The van der Waals surface area contributed by atoms with Gasteiger partial charge in [-0.3, -0.25) is 24.5 Å². The van der Waals surface area contributed by atoms with E-state index >= 15 is 0 Å². The van der Waals surface area contributed by atoms with Crippen LogP contribution in [-0.2, 0) is 0 Å². The number of anilines is 1. The van der Waals surface area contributed by atoms with E-state index in [4.69, 9.17) is 5.11 Å². The van der Waals surface area contributed by atoms with Crippen molar-refractivity contribution in [2.45, 2.75) is 0 Å². The first-order valence-corrected chi connectivity index (χ1v) is 9.07. The third-order valence-corrected chi connectivity index (χ3v) is 4.94. The second-order valence-corrected chi connectivity index (χ2v) is 6.85. The molecule has 0 aromatic heterocycles. The van der Waals surface area contributed by atoms with Crippen molar-refractivity contribution in [3.05, 3.63) is 98.6 Å². The third-order valence-electron chi connectivity index (χ3n) is 4.94. The smallest absolute Gasteiger partial charge is 0.339 e. The minimum absolute atomic E-state index is 0.00976. The van der Waals surface area contributed by atoms with Gasteiger partial charge in [-0.2, -0.15) is 0 Å². The molecule has 1 aliphatic rings. The predicted octanol–water partition coefficient (Wildman–Crippen LogP) is 3.03. The van der Waals surface area contributed by atoms with E-state index in [1.165, 1.54) is 42.5 Å². The number of carbonyl (C=O) groups excluding carboxylic acids is 3. The van der Waals surface area contributed by atoms with E-state index in [9.17, 15) is 34.4 Å². The number of carbonyl (C=O) groups is 4. The molecule has 0 bridgehead atoms. The Hall–Kier alpha value is -4.86. The molecule has 158 valence electrons. The zero-order chi connectivity index (χ0) is 23.2. The molecule has 0 radical (unpaired) electrons. The highest BCUT2D eigenvalue weighted by Crippen LogP contribution is 2.32. The minimum Gasteiger partial charge on any atom is -0.507 e. The third kappa shape index (κ3) is 3.25. The van der Waals surface area contributed by atoms with Crippen LogP contribution >= 0.6 is 0 Å².